The van der Waals surface area contributed by atoms with Crippen LogP contribution < -0.4 is 10.6 Å². The van der Waals surface area contributed by atoms with Crippen molar-refractivity contribution >= 4 is 15.8 Å². The normalized spacial score (nSPS) is 26.9. The van der Waals surface area contributed by atoms with E-state index < -0.39 is 9.84 Å². The van der Waals surface area contributed by atoms with E-state index in [2.05, 4.69) is 34.6 Å². The molecule has 0 spiro atoms. The van der Waals surface area contributed by atoms with Crippen molar-refractivity contribution in [1.82, 2.24) is 15.5 Å². The van der Waals surface area contributed by atoms with Gasteiger partial charge in [-0.15, -0.1) is 0 Å². The first-order valence-electron chi connectivity index (χ1n) is 7.83. The molecule has 6 nitrogen and oxygen atoms in total. The van der Waals surface area contributed by atoms with Gasteiger partial charge in [0.25, 0.3) is 0 Å². The molecule has 2 N–H and O–H groups in total. The third kappa shape index (κ3) is 5.14. The molecule has 1 saturated carbocycles. The van der Waals surface area contributed by atoms with Crippen molar-refractivity contribution < 1.29 is 8.42 Å². The molecule has 21 heavy (non-hydrogen) atoms. The average Bonchev–Trinajstić information content (AvgIpc) is 3.15. The van der Waals surface area contributed by atoms with Crippen molar-refractivity contribution in [3.63, 3.8) is 0 Å². The summed E-state index contributed by atoms with van der Waals surface area (Å²) in [6.07, 6.45) is 3.26. The molecule has 0 aromatic carbocycles. The maximum atomic E-state index is 11.5. The molecule has 122 valence electrons. The van der Waals surface area contributed by atoms with Gasteiger partial charge < -0.3 is 15.5 Å². The highest BCUT2D eigenvalue weighted by Crippen LogP contribution is 2.34. The van der Waals surface area contributed by atoms with Crippen molar-refractivity contribution in [2.24, 2.45) is 10.9 Å². The number of hydrogen-bond donors (Lipinski definition) is 2. The average molecular weight is 316 g/mol. The largest absolute Gasteiger partial charge is 0.357 e. The van der Waals surface area contributed by atoms with Gasteiger partial charge in [-0.2, -0.15) is 0 Å². The zero-order valence-electron chi connectivity index (χ0n) is 13.3. The van der Waals surface area contributed by atoms with Crippen LogP contribution in [0.4, 0.5) is 0 Å². The van der Waals surface area contributed by atoms with Gasteiger partial charge in [0.05, 0.1) is 18.1 Å². The SMILES string of the molecule is CCNC(=NCC(C1CC1)N(C)C)NC1CCS(=O)(=O)C1. The smallest absolute Gasteiger partial charge is 0.191 e. The Balaban J connectivity index is 1.92. The highest BCUT2D eigenvalue weighted by molar-refractivity contribution is 7.91. The van der Waals surface area contributed by atoms with Crippen molar-refractivity contribution in [3.8, 4) is 0 Å². The minimum absolute atomic E-state index is 0.00784. The van der Waals surface area contributed by atoms with Crippen LogP contribution >= 0.6 is 0 Å². The Kier molecular flexibility index (Phi) is 5.48. The van der Waals surface area contributed by atoms with E-state index in [9.17, 15) is 8.42 Å². The highest BCUT2D eigenvalue weighted by atomic mass is 32.2. The molecular formula is C14H28N4O2S. The van der Waals surface area contributed by atoms with E-state index in [4.69, 9.17) is 0 Å². The fraction of sp³-hybridized carbons (Fsp3) is 0.929. The standard InChI is InChI=1S/C14H28N4O2S/c1-4-15-14(17-12-7-8-21(19,20)10-12)16-9-13(18(2)3)11-5-6-11/h11-13H,4-10H2,1-3H3,(H2,15,16,17). The van der Waals surface area contributed by atoms with Crippen LogP contribution in [-0.4, -0.2) is 70.1 Å². The molecule has 0 radical (unpaired) electrons. The third-order valence-corrected chi connectivity index (χ3v) is 5.95. The van der Waals surface area contributed by atoms with E-state index in [1.54, 1.807) is 0 Å². The number of rotatable bonds is 6. The Morgan fingerprint density at radius 1 is 1.33 bits per heavy atom. The molecule has 2 aliphatic rings. The summed E-state index contributed by atoms with van der Waals surface area (Å²) in [6, 6.07) is 0.472. The predicted octanol–water partition coefficient (Wildman–Crippen LogP) is 0.0688. The van der Waals surface area contributed by atoms with Crippen LogP contribution in [0, 0.1) is 5.92 Å². The highest BCUT2D eigenvalue weighted by Gasteiger charge is 2.32. The lowest BCUT2D eigenvalue weighted by Gasteiger charge is -2.23. The van der Waals surface area contributed by atoms with Gasteiger partial charge in [0.1, 0.15) is 0 Å². The Morgan fingerprint density at radius 2 is 2.05 bits per heavy atom. The summed E-state index contributed by atoms with van der Waals surface area (Å²) in [4.78, 5) is 6.91. The number of likely N-dealkylation sites (N-methyl/N-ethyl adjacent to an activating group) is 1. The van der Waals surface area contributed by atoms with Crippen LogP contribution in [-0.2, 0) is 9.84 Å². The molecule has 2 unspecified atom stereocenters. The minimum Gasteiger partial charge on any atom is -0.357 e. The van der Waals surface area contributed by atoms with Gasteiger partial charge >= 0.3 is 0 Å². The van der Waals surface area contributed by atoms with Crippen molar-refractivity contribution in [2.75, 3.05) is 38.7 Å². The first kappa shape index (κ1) is 16.5. The Bertz CT molecular complexity index is 469. The fourth-order valence-corrected chi connectivity index (χ4v) is 4.50. The molecule has 1 heterocycles. The summed E-state index contributed by atoms with van der Waals surface area (Å²) < 4.78 is 23.1. The van der Waals surface area contributed by atoms with Crippen molar-refractivity contribution in [3.05, 3.63) is 0 Å². The summed E-state index contributed by atoms with van der Waals surface area (Å²) >= 11 is 0. The summed E-state index contributed by atoms with van der Waals surface area (Å²) in [7, 11) is 1.34. The molecule has 0 aromatic heterocycles. The quantitative estimate of drug-likeness (QED) is 0.536. The van der Waals surface area contributed by atoms with Gasteiger partial charge in [-0.25, -0.2) is 8.42 Å². The van der Waals surface area contributed by atoms with Crippen LogP contribution in [0.3, 0.4) is 0 Å². The number of nitrogens with zero attached hydrogens (tertiary/aromatic N) is 2. The molecule has 7 heteroatoms. The van der Waals surface area contributed by atoms with Crippen molar-refractivity contribution in [2.45, 2.75) is 38.3 Å². The maximum Gasteiger partial charge on any atom is 0.191 e. The molecule has 1 aliphatic carbocycles. The number of aliphatic imine (C=N–C) groups is 1. The van der Waals surface area contributed by atoms with Gasteiger partial charge in [-0.3, -0.25) is 4.99 Å². The second kappa shape index (κ2) is 6.96. The van der Waals surface area contributed by atoms with E-state index in [1.165, 1.54) is 12.8 Å². The van der Waals surface area contributed by atoms with Gasteiger partial charge in [0, 0.05) is 18.6 Å². The predicted molar refractivity (Wildman–Crippen MR) is 86.4 cm³/mol. The van der Waals surface area contributed by atoms with Crippen LogP contribution in [0.2, 0.25) is 0 Å². The number of guanidine groups is 1. The Hall–Kier alpha value is -0.820. The molecule has 2 atom stereocenters. The first-order chi connectivity index (χ1) is 9.91. The summed E-state index contributed by atoms with van der Waals surface area (Å²) in [6.45, 7) is 3.56. The second-order valence-corrected chi connectivity index (χ2v) is 8.56. The molecule has 0 bridgehead atoms. The lowest BCUT2D eigenvalue weighted by atomic mass is 10.2. The minimum atomic E-state index is -2.86. The molecule has 2 fully saturated rings. The number of sulfone groups is 1. The summed E-state index contributed by atoms with van der Waals surface area (Å²) in [5, 5.41) is 6.48. The van der Waals surface area contributed by atoms with E-state index in [0.29, 0.717) is 12.5 Å². The van der Waals surface area contributed by atoms with Gasteiger partial charge in [-0.1, -0.05) is 0 Å². The van der Waals surface area contributed by atoms with Crippen LogP contribution in [0.5, 0.6) is 0 Å². The maximum absolute atomic E-state index is 11.5. The van der Waals surface area contributed by atoms with Crippen molar-refractivity contribution in [1.29, 1.82) is 0 Å². The van der Waals surface area contributed by atoms with Crippen LogP contribution in [0.15, 0.2) is 4.99 Å². The number of hydrogen-bond acceptors (Lipinski definition) is 4. The van der Waals surface area contributed by atoms with Crippen LogP contribution in [0.25, 0.3) is 0 Å². The van der Waals surface area contributed by atoms with Crippen LogP contribution in [0.1, 0.15) is 26.2 Å². The topological polar surface area (TPSA) is 73.8 Å². The van der Waals surface area contributed by atoms with E-state index in [0.717, 1.165) is 25.0 Å². The zero-order chi connectivity index (χ0) is 15.5. The van der Waals surface area contributed by atoms with E-state index in [1.807, 2.05) is 6.92 Å². The molecule has 0 aromatic rings. The van der Waals surface area contributed by atoms with E-state index in [-0.39, 0.29) is 17.5 Å². The van der Waals surface area contributed by atoms with Gasteiger partial charge in [0.15, 0.2) is 15.8 Å². The Morgan fingerprint density at radius 3 is 2.52 bits per heavy atom. The molecule has 1 aliphatic heterocycles. The monoisotopic (exact) mass is 316 g/mol. The Labute approximate surface area is 128 Å². The zero-order valence-corrected chi connectivity index (χ0v) is 14.1. The third-order valence-electron chi connectivity index (χ3n) is 4.18. The molecular weight excluding hydrogens is 288 g/mol. The lowest BCUT2D eigenvalue weighted by Crippen LogP contribution is -2.45. The lowest BCUT2D eigenvalue weighted by molar-refractivity contribution is 0.271. The van der Waals surface area contributed by atoms with Gasteiger partial charge in [-0.05, 0) is 46.2 Å². The molecule has 0 amide bonds. The molecule has 2 rings (SSSR count). The van der Waals surface area contributed by atoms with Gasteiger partial charge in [0.2, 0.25) is 0 Å². The fourth-order valence-electron chi connectivity index (χ4n) is 2.82. The summed E-state index contributed by atoms with van der Waals surface area (Å²) in [5.74, 6) is 2.01. The second-order valence-electron chi connectivity index (χ2n) is 6.33. The summed E-state index contributed by atoms with van der Waals surface area (Å²) in [5.41, 5.74) is 0. The van der Waals surface area contributed by atoms with E-state index >= 15 is 0 Å². The first-order valence-corrected chi connectivity index (χ1v) is 9.65. The molecule has 1 saturated heterocycles. The number of nitrogens with one attached hydrogen (secondary N) is 2.